The lowest BCUT2D eigenvalue weighted by molar-refractivity contribution is -0.133. The summed E-state index contributed by atoms with van der Waals surface area (Å²) in [5.74, 6) is 0.393. The van der Waals surface area contributed by atoms with Gasteiger partial charge in [0.1, 0.15) is 6.10 Å². The van der Waals surface area contributed by atoms with Gasteiger partial charge in [-0.1, -0.05) is 18.7 Å². The van der Waals surface area contributed by atoms with Crippen LogP contribution < -0.4 is 0 Å². The molecule has 0 aromatic carbocycles. The molecule has 1 aliphatic rings. The monoisotopic (exact) mass is 271 g/mol. The molecule has 1 saturated heterocycles. The first-order valence-electron chi connectivity index (χ1n) is 6.02. The third-order valence-electron chi connectivity index (χ3n) is 3.03. The second-order valence-corrected chi connectivity index (χ2v) is 5.27. The van der Waals surface area contributed by atoms with E-state index in [0.717, 1.165) is 25.4 Å². The van der Waals surface area contributed by atoms with Crippen molar-refractivity contribution in [2.45, 2.75) is 38.1 Å². The average molecular weight is 271 g/mol. The number of aromatic nitrogens is 3. The zero-order chi connectivity index (χ0) is 13.1. The van der Waals surface area contributed by atoms with Crippen molar-refractivity contribution in [3.05, 3.63) is 5.82 Å². The van der Waals surface area contributed by atoms with Crippen LogP contribution in [0.1, 0.15) is 32.2 Å². The van der Waals surface area contributed by atoms with Crippen LogP contribution in [0.25, 0.3) is 0 Å². The van der Waals surface area contributed by atoms with E-state index >= 15 is 0 Å². The van der Waals surface area contributed by atoms with E-state index in [0.29, 0.717) is 11.1 Å². The Kier molecular flexibility index (Phi) is 4.23. The van der Waals surface area contributed by atoms with E-state index in [1.807, 2.05) is 11.5 Å². The summed E-state index contributed by atoms with van der Waals surface area (Å²) in [5, 5.41) is 17.6. The van der Waals surface area contributed by atoms with Crippen LogP contribution in [-0.2, 0) is 16.1 Å². The van der Waals surface area contributed by atoms with E-state index in [4.69, 9.17) is 9.84 Å². The molecule has 2 atom stereocenters. The molecule has 18 heavy (non-hydrogen) atoms. The van der Waals surface area contributed by atoms with Gasteiger partial charge < -0.3 is 14.4 Å². The van der Waals surface area contributed by atoms with Crippen molar-refractivity contribution < 1.29 is 14.6 Å². The molecule has 1 fully saturated rings. The van der Waals surface area contributed by atoms with Crippen molar-refractivity contribution in [3.8, 4) is 0 Å². The molecule has 0 saturated carbocycles. The van der Waals surface area contributed by atoms with Crippen LogP contribution >= 0.6 is 11.8 Å². The first-order chi connectivity index (χ1) is 8.63. The minimum atomic E-state index is -0.849. The zero-order valence-corrected chi connectivity index (χ0v) is 11.3. The lowest BCUT2D eigenvalue weighted by atomic mass is 10.0. The summed E-state index contributed by atoms with van der Waals surface area (Å²) in [7, 11) is 0. The molecular formula is C11H17N3O3S. The quantitative estimate of drug-likeness (QED) is 0.819. The van der Waals surface area contributed by atoms with E-state index < -0.39 is 5.97 Å². The number of aliphatic carboxylic acids is 1. The molecule has 1 aromatic rings. The molecule has 0 amide bonds. The Morgan fingerprint density at radius 3 is 2.94 bits per heavy atom. The molecule has 1 N–H and O–H groups in total. The van der Waals surface area contributed by atoms with E-state index in [-0.39, 0.29) is 11.9 Å². The molecule has 0 radical (unpaired) electrons. The maximum atomic E-state index is 10.6. The van der Waals surface area contributed by atoms with Crippen molar-refractivity contribution in [2.75, 3.05) is 12.4 Å². The van der Waals surface area contributed by atoms with E-state index in [1.165, 1.54) is 11.8 Å². The lowest BCUT2D eigenvalue weighted by Crippen LogP contribution is -2.13. The zero-order valence-electron chi connectivity index (χ0n) is 10.5. The van der Waals surface area contributed by atoms with Crippen molar-refractivity contribution in [3.63, 3.8) is 0 Å². The lowest BCUT2D eigenvalue weighted by Gasteiger charge is -2.15. The Bertz CT molecular complexity index is 435. The largest absolute Gasteiger partial charge is 0.481 e. The number of carbonyl (C=O) groups is 1. The fourth-order valence-corrected chi connectivity index (χ4v) is 2.80. The summed E-state index contributed by atoms with van der Waals surface area (Å²) in [6, 6.07) is 0. The summed E-state index contributed by atoms with van der Waals surface area (Å²) >= 11 is 1.19. The fraction of sp³-hybridized carbons (Fsp3) is 0.727. The highest BCUT2D eigenvalue weighted by Crippen LogP contribution is 2.34. The van der Waals surface area contributed by atoms with Crippen LogP contribution in [0.2, 0.25) is 0 Å². The Balaban J connectivity index is 2.18. The van der Waals surface area contributed by atoms with Gasteiger partial charge in [-0.15, -0.1) is 10.2 Å². The summed E-state index contributed by atoms with van der Waals surface area (Å²) in [4.78, 5) is 10.6. The van der Waals surface area contributed by atoms with E-state index in [1.54, 1.807) is 0 Å². The average Bonchev–Trinajstić information content (AvgIpc) is 2.91. The molecule has 1 aliphatic heterocycles. The van der Waals surface area contributed by atoms with E-state index in [2.05, 4.69) is 17.1 Å². The van der Waals surface area contributed by atoms with Gasteiger partial charge in [0.05, 0.1) is 5.75 Å². The highest BCUT2D eigenvalue weighted by atomic mass is 32.2. The SMILES string of the molecule is CCn1c(SCC(=O)O)nnc1C1OCCC1C. The third kappa shape index (κ3) is 2.67. The predicted molar refractivity (Wildman–Crippen MR) is 66.5 cm³/mol. The Hall–Kier alpha value is -1.08. The maximum absolute atomic E-state index is 10.6. The van der Waals surface area contributed by atoms with Gasteiger partial charge in [-0.05, 0) is 19.3 Å². The van der Waals surface area contributed by atoms with Gasteiger partial charge in [0.25, 0.3) is 0 Å². The van der Waals surface area contributed by atoms with Gasteiger partial charge in [0.2, 0.25) is 0 Å². The van der Waals surface area contributed by atoms with Crippen LogP contribution in [0.3, 0.4) is 0 Å². The molecular weight excluding hydrogens is 254 g/mol. The number of hydrogen-bond acceptors (Lipinski definition) is 5. The first kappa shape index (κ1) is 13.4. The van der Waals surface area contributed by atoms with Gasteiger partial charge in [-0.25, -0.2) is 0 Å². The molecule has 0 bridgehead atoms. The van der Waals surface area contributed by atoms with Crippen LogP contribution in [0.5, 0.6) is 0 Å². The third-order valence-corrected chi connectivity index (χ3v) is 3.98. The number of thioether (sulfide) groups is 1. The van der Waals surface area contributed by atoms with Gasteiger partial charge in [0, 0.05) is 13.2 Å². The summed E-state index contributed by atoms with van der Waals surface area (Å²) in [6.07, 6.45) is 1.01. The first-order valence-corrected chi connectivity index (χ1v) is 7.01. The number of carboxylic acids is 1. The summed E-state index contributed by atoms with van der Waals surface area (Å²) in [5.41, 5.74) is 0. The van der Waals surface area contributed by atoms with Gasteiger partial charge >= 0.3 is 5.97 Å². The van der Waals surface area contributed by atoms with Gasteiger partial charge in [-0.2, -0.15) is 0 Å². The van der Waals surface area contributed by atoms with Crippen molar-refractivity contribution in [1.82, 2.24) is 14.8 Å². The number of carboxylic acid groups (broad SMARTS) is 1. The van der Waals surface area contributed by atoms with Gasteiger partial charge in [0.15, 0.2) is 11.0 Å². The number of rotatable bonds is 5. The molecule has 1 aromatic heterocycles. The normalized spacial score (nSPS) is 23.4. The van der Waals surface area contributed by atoms with Crippen LogP contribution in [0.15, 0.2) is 5.16 Å². The van der Waals surface area contributed by atoms with Crippen molar-refractivity contribution in [1.29, 1.82) is 0 Å². The predicted octanol–water partition coefficient (Wildman–Crippen LogP) is 1.57. The second kappa shape index (κ2) is 5.71. The minimum Gasteiger partial charge on any atom is -0.481 e. The smallest absolute Gasteiger partial charge is 0.313 e. The molecule has 2 heterocycles. The molecule has 100 valence electrons. The maximum Gasteiger partial charge on any atom is 0.313 e. The Labute approximate surface area is 110 Å². The number of ether oxygens (including phenoxy) is 1. The molecule has 2 rings (SSSR count). The fourth-order valence-electron chi connectivity index (χ4n) is 2.07. The Morgan fingerprint density at radius 2 is 2.39 bits per heavy atom. The van der Waals surface area contributed by atoms with Crippen LogP contribution in [0, 0.1) is 5.92 Å². The van der Waals surface area contributed by atoms with Crippen molar-refractivity contribution in [2.24, 2.45) is 5.92 Å². The van der Waals surface area contributed by atoms with Crippen LogP contribution in [0.4, 0.5) is 0 Å². The molecule has 2 unspecified atom stereocenters. The number of nitrogens with zero attached hydrogens (tertiary/aromatic N) is 3. The molecule has 6 nitrogen and oxygen atoms in total. The highest BCUT2D eigenvalue weighted by Gasteiger charge is 2.31. The minimum absolute atomic E-state index is 0.000783. The molecule has 7 heteroatoms. The van der Waals surface area contributed by atoms with E-state index in [9.17, 15) is 4.79 Å². The molecule has 0 aliphatic carbocycles. The highest BCUT2D eigenvalue weighted by molar-refractivity contribution is 7.99. The van der Waals surface area contributed by atoms with Crippen molar-refractivity contribution >= 4 is 17.7 Å². The number of hydrogen-bond donors (Lipinski definition) is 1. The Morgan fingerprint density at radius 1 is 1.61 bits per heavy atom. The second-order valence-electron chi connectivity index (χ2n) is 4.32. The summed E-state index contributed by atoms with van der Waals surface area (Å²) < 4.78 is 7.63. The molecule has 0 spiro atoms. The standard InChI is InChI=1S/C11H17N3O3S/c1-3-14-10(9-7(2)4-5-17-9)12-13-11(14)18-6-8(15)16/h7,9H,3-6H2,1-2H3,(H,15,16). The van der Waals surface area contributed by atoms with Gasteiger partial charge in [-0.3, -0.25) is 4.79 Å². The van der Waals surface area contributed by atoms with Crippen LogP contribution in [-0.4, -0.2) is 38.2 Å². The topological polar surface area (TPSA) is 77.2 Å². The summed E-state index contributed by atoms with van der Waals surface area (Å²) in [6.45, 7) is 5.60.